The minimum atomic E-state index is -0.931. The molecule has 6 heteroatoms. The van der Waals surface area contributed by atoms with Gasteiger partial charge in [-0.25, -0.2) is 0 Å². The monoisotopic (exact) mass is 466 g/mol. The maximum absolute atomic E-state index is 12.6. The highest BCUT2D eigenvalue weighted by Gasteiger charge is 2.36. The van der Waals surface area contributed by atoms with Crippen LogP contribution in [0.5, 0.6) is 0 Å². The molecule has 1 aliphatic heterocycles. The molecule has 3 atom stereocenters. The Hall–Kier alpha value is -2.89. The summed E-state index contributed by atoms with van der Waals surface area (Å²) in [6.45, 7) is 4.25. The first kappa shape index (κ1) is 24.7. The maximum atomic E-state index is 12.6. The third kappa shape index (κ3) is 5.92. The Bertz CT molecular complexity index is 1080. The zero-order valence-electron chi connectivity index (χ0n) is 18.8. The molecule has 33 heavy (non-hydrogen) atoms. The predicted molar refractivity (Wildman–Crippen MR) is 134 cm³/mol. The lowest BCUT2D eigenvalue weighted by molar-refractivity contribution is -0.140. The van der Waals surface area contributed by atoms with Crippen molar-refractivity contribution in [2.45, 2.75) is 31.7 Å². The molecule has 1 fully saturated rings. The van der Waals surface area contributed by atoms with Gasteiger partial charge in [-0.2, -0.15) is 0 Å². The summed E-state index contributed by atoms with van der Waals surface area (Å²) in [6.07, 6.45) is -0.0598. The van der Waals surface area contributed by atoms with Crippen molar-refractivity contribution >= 4 is 35.1 Å². The van der Waals surface area contributed by atoms with E-state index in [-0.39, 0.29) is 49.0 Å². The molecule has 174 valence electrons. The lowest BCUT2D eigenvalue weighted by atomic mass is 9.88. The van der Waals surface area contributed by atoms with Gasteiger partial charge in [-0.05, 0) is 34.7 Å². The third-order valence-corrected chi connectivity index (χ3v) is 6.55. The Morgan fingerprint density at radius 3 is 2.42 bits per heavy atom. The fourth-order valence-electron chi connectivity index (χ4n) is 4.80. The van der Waals surface area contributed by atoms with Crippen molar-refractivity contribution in [3.8, 4) is 0 Å². The molecule has 1 saturated heterocycles. The van der Waals surface area contributed by atoms with E-state index in [2.05, 4.69) is 66.8 Å². The molecular formula is C27H31ClN2O3. The summed E-state index contributed by atoms with van der Waals surface area (Å²) in [7, 11) is 0. The number of nitrogens with zero attached hydrogens (tertiary/aromatic N) is 1. The highest BCUT2D eigenvalue weighted by molar-refractivity contribution is 5.86. The van der Waals surface area contributed by atoms with Crippen molar-refractivity contribution in [1.29, 1.82) is 0 Å². The van der Waals surface area contributed by atoms with Gasteiger partial charge in [0, 0.05) is 38.0 Å². The minimum Gasteiger partial charge on any atom is -0.481 e. The number of nitrogens with one attached hydrogen (secondary N) is 1. The molecule has 0 bridgehead atoms. The number of carbonyl (C=O) groups excluding carboxylic acids is 1. The molecule has 5 nitrogen and oxygen atoms in total. The number of carboxylic acid groups (broad SMARTS) is 1. The van der Waals surface area contributed by atoms with Gasteiger partial charge in [0.1, 0.15) is 0 Å². The summed E-state index contributed by atoms with van der Waals surface area (Å²) in [5.74, 6) is -0.502. The Balaban J connectivity index is 0.00000306. The van der Waals surface area contributed by atoms with Crippen molar-refractivity contribution in [2.24, 2.45) is 5.92 Å². The van der Waals surface area contributed by atoms with Crippen LogP contribution in [0, 0.1) is 5.92 Å². The standard InChI is InChI=1S/C27H30N2O3.ClH/c1-19(23-13-7-11-20-10-5-6-12-24(20)23)28-16-22-17-29(26(30)14-15-27(31)32)18-25(22)21-8-3-2-4-9-21;/h2-13,19,22,25,28H,14-18H2,1H3,(H,31,32);1H/t19-,22-,25-;/m1./s1. The van der Waals surface area contributed by atoms with Crippen LogP contribution < -0.4 is 5.32 Å². The second kappa shape index (κ2) is 11.3. The number of rotatable bonds is 8. The number of halogens is 1. The largest absolute Gasteiger partial charge is 0.481 e. The number of fused-ring (bicyclic) bond motifs is 1. The zero-order chi connectivity index (χ0) is 22.5. The van der Waals surface area contributed by atoms with Gasteiger partial charge in [-0.15, -0.1) is 12.4 Å². The fourth-order valence-corrected chi connectivity index (χ4v) is 4.80. The van der Waals surface area contributed by atoms with Gasteiger partial charge in [0.15, 0.2) is 0 Å². The van der Waals surface area contributed by atoms with Crippen molar-refractivity contribution in [3.05, 3.63) is 83.9 Å². The van der Waals surface area contributed by atoms with E-state index < -0.39 is 5.97 Å². The number of hydrogen-bond donors (Lipinski definition) is 2. The van der Waals surface area contributed by atoms with Gasteiger partial charge >= 0.3 is 5.97 Å². The molecule has 0 radical (unpaired) electrons. The zero-order valence-corrected chi connectivity index (χ0v) is 19.6. The van der Waals surface area contributed by atoms with Crippen LogP contribution in [0.15, 0.2) is 72.8 Å². The van der Waals surface area contributed by atoms with Gasteiger partial charge in [0.2, 0.25) is 5.91 Å². The van der Waals surface area contributed by atoms with Gasteiger partial charge in [-0.3, -0.25) is 9.59 Å². The summed E-state index contributed by atoms with van der Waals surface area (Å²) in [4.78, 5) is 25.4. The first-order valence-electron chi connectivity index (χ1n) is 11.3. The molecule has 1 heterocycles. The van der Waals surface area contributed by atoms with E-state index in [4.69, 9.17) is 5.11 Å². The van der Waals surface area contributed by atoms with Crippen molar-refractivity contribution in [2.75, 3.05) is 19.6 Å². The molecule has 4 rings (SSSR count). The van der Waals surface area contributed by atoms with E-state index in [0.29, 0.717) is 13.1 Å². The topological polar surface area (TPSA) is 69.6 Å². The van der Waals surface area contributed by atoms with E-state index in [9.17, 15) is 9.59 Å². The van der Waals surface area contributed by atoms with Crippen molar-refractivity contribution in [3.63, 3.8) is 0 Å². The van der Waals surface area contributed by atoms with E-state index in [0.717, 1.165) is 6.54 Å². The molecular weight excluding hydrogens is 436 g/mol. The summed E-state index contributed by atoms with van der Waals surface area (Å²) in [5.41, 5.74) is 2.50. The van der Waals surface area contributed by atoms with Crippen LogP contribution in [0.25, 0.3) is 10.8 Å². The van der Waals surface area contributed by atoms with Crippen LogP contribution in [-0.2, 0) is 9.59 Å². The number of amides is 1. The first-order chi connectivity index (χ1) is 15.5. The number of carboxylic acids is 1. The molecule has 0 spiro atoms. The van der Waals surface area contributed by atoms with Crippen LogP contribution in [0.3, 0.4) is 0 Å². The smallest absolute Gasteiger partial charge is 0.303 e. The van der Waals surface area contributed by atoms with Crippen LogP contribution in [0.4, 0.5) is 0 Å². The summed E-state index contributed by atoms with van der Waals surface area (Å²) >= 11 is 0. The molecule has 1 aliphatic rings. The number of carbonyl (C=O) groups is 2. The van der Waals surface area contributed by atoms with E-state index in [1.807, 2.05) is 23.1 Å². The maximum Gasteiger partial charge on any atom is 0.303 e. The SMILES string of the molecule is C[C@@H](NC[C@@H]1CN(C(=O)CCC(=O)O)C[C@@H]1c1ccccc1)c1cccc2ccccc12.Cl. The van der Waals surface area contributed by atoms with E-state index in [1.165, 1.54) is 21.9 Å². The van der Waals surface area contributed by atoms with Crippen LogP contribution in [0.1, 0.15) is 42.9 Å². The van der Waals surface area contributed by atoms with Gasteiger partial charge in [-0.1, -0.05) is 72.8 Å². The van der Waals surface area contributed by atoms with Crippen molar-refractivity contribution in [1.82, 2.24) is 10.2 Å². The second-order valence-electron chi connectivity index (χ2n) is 8.67. The molecule has 0 saturated carbocycles. The van der Waals surface area contributed by atoms with Crippen molar-refractivity contribution < 1.29 is 14.7 Å². The average molecular weight is 467 g/mol. The number of benzene rings is 3. The fraction of sp³-hybridized carbons (Fsp3) is 0.333. The first-order valence-corrected chi connectivity index (χ1v) is 11.3. The molecule has 3 aromatic rings. The van der Waals surface area contributed by atoms with E-state index in [1.54, 1.807) is 0 Å². The van der Waals surface area contributed by atoms with Gasteiger partial charge < -0.3 is 15.3 Å². The molecule has 1 amide bonds. The summed E-state index contributed by atoms with van der Waals surface area (Å²) < 4.78 is 0. The Kier molecular flexibility index (Phi) is 8.48. The molecule has 0 aromatic heterocycles. The second-order valence-corrected chi connectivity index (χ2v) is 8.67. The molecule has 0 unspecified atom stereocenters. The molecule has 3 aromatic carbocycles. The highest BCUT2D eigenvalue weighted by atomic mass is 35.5. The number of aliphatic carboxylic acids is 1. The highest BCUT2D eigenvalue weighted by Crippen LogP contribution is 2.33. The molecule has 2 N–H and O–H groups in total. The number of likely N-dealkylation sites (tertiary alicyclic amines) is 1. The van der Waals surface area contributed by atoms with Crippen LogP contribution in [0.2, 0.25) is 0 Å². The van der Waals surface area contributed by atoms with E-state index >= 15 is 0 Å². The average Bonchev–Trinajstić information content (AvgIpc) is 3.25. The molecule has 0 aliphatic carbocycles. The van der Waals surface area contributed by atoms with Gasteiger partial charge in [0.05, 0.1) is 6.42 Å². The Labute approximate surface area is 201 Å². The third-order valence-electron chi connectivity index (χ3n) is 6.55. The summed E-state index contributed by atoms with van der Waals surface area (Å²) in [5, 5.41) is 15.1. The normalized spacial score (nSPS) is 18.6. The summed E-state index contributed by atoms with van der Waals surface area (Å²) in [6, 6.07) is 25.3. The van der Waals surface area contributed by atoms with Gasteiger partial charge in [0.25, 0.3) is 0 Å². The van der Waals surface area contributed by atoms with Crippen LogP contribution in [-0.4, -0.2) is 41.5 Å². The quantitative estimate of drug-likeness (QED) is 0.489. The lowest BCUT2D eigenvalue weighted by Gasteiger charge is -2.23. The minimum absolute atomic E-state index is 0. The van der Waals surface area contributed by atoms with Crippen LogP contribution >= 0.6 is 12.4 Å². The lowest BCUT2D eigenvalue weighted by Crippen LogP contribution is -2.32. The predicted octanol–water partition coefficient (Wildman–Crippen LogP) is 5.02. The Morgan fingerprint density at radius 1 is 0.970 bits per heavy atom. The number of hydrogen-bond acceptors (Lipinski definition) is 3. The Morgan fingerprint density at radius 2 is 1.67 bits per heavy atom.